The van der Waals surface area contributed by atoms with Gasteiger partial charge in [-0.3, -0.25) is 14.6 Å². The van der Waals surface area contributed by atoms with Gasteiger partial charge in [0.05, 0.1) is 32.0 Å². The molecule has 3 N–H and O–H groups in total. The molecule has 2 saturated carbocycles. The second-order valence-corrected chi connectivity index (χ2v) is 19.3. The van der Waals surface area contributed by atoms with Crippen LogP contribution in [-0.2, 0) is 25.5 Å². The van der Waals surface area contributed by atoms with Crippen LogP contribution in [0.25, 0.3) is 44.3 Å². The third-order valence-electron chi connectivity index (χ3n) is 14.6. The Kier molecular flexibility index (Phi) is 10.1. The van der Waals surface area contributed by atoms with E-state index in [1.54, 1.807) is 0 Å². The molecule has 5 heterocycles. The van der Waals surface area contributed by atoms with Crippen LogP contribution < -0.4 is 10.6 Å². The Labute approximate surface area is 366 Å². The molecule has 3 aliphatic heterocycles. The molecule has 4 amide bonds. The fraction of sp³-hybridized carbons (Fsp3) is 0.460. The minimum absolute atomic E-state index is 0.0569. The monoisotopic (exact) mass is 852 g/mol. The number of hydrogen-bond acceptors (Lipinski definition) is 8. The Balaban J connectivity index is 0.869. The number of nitrogens with zero attached hydrogens (tertiary/aromatic N) is 3. The van der Waals surface area contributed by atoms with E-state index in [4.69, 9.17) is 18.9 Å². The third-order valence-corrected chi connectivity index (χ3v) is 14.6. The van der Waals surface area contributed by atoms with Crippen molar-refractivity contribution < 1.29 is 33.1 Å². The van der Waals surface area contributed by atoms with E-state index in [2.05, 4.69) is 82.3 Å². The highest BCUT2D eigenvalue weighted by Crippen LogP contribution is 2.58. The van der Waals surface area contributed by atoms with Gasteiger partial charge in [0, 0.05) is 52.4 Å². The normalized spacial score (nSPS) is 22.8. The van der Waals surface area contributed by atoms with Crippen LogP contribution in [0.3, 0.4) is 0 Å². The Morgan fingerprint density at radius 3 is 2.10 bits per heavy atom. The van der Waals surface area contributed by atoms with Gasteiger partial charge in [-0.15, -0.1) is 0 Å². The van der Waals surface area contributed by atoms with Gasteiger partial charge in [0.1, 0.15) is 23.2 Å². The molecular weight excluding hydrogens is 797 g/mol. The van der Waals surface area contributed by atoms with E-state index in [0.29, 0.717) is 18.9 Å². The average Bonchev–Trinajstić information content (AvgIpc) is 3.97. The predicted molar refractivity (Wildman–Crippen MR) is 241 cm³/mol. The Morgan fingerprint density at radius 2 is 1.43 bits per heavy atom. The first-order valence-electron chi connectivity index (χ1n) is 22.5. The zero-order chi connectivity index (χ0) is 43.9. The summed E-state index contributed by atoms with van der Waals surface area (Å²) in [7, 11) is 2.63. The van der Waals surface area contributed by atoms with Gasteiger partial charge in [-0.1, -0.05) is 45.9 Å². The van der Waals surface area contributed by atoms with Crippen molar-refractivity contribution in [2.24, 2.45) is 28.2 Å². The van der Waals surface area contributed by atoms with Crippen molar-refractivity contribution in [3.63, 3.8) is 0 Å². The number of aromatic nitrogens is 1. The molecule has 2 bridgehead atoms. The number of piperidine rings is 1. The summed E-state index contributed by atoms with van der Waals surface area (Å²) in [6.07, 6.45) is 5.58. The highest BCUT2D eigenvalue weighted by atomic mass is 16.5. The summed E-state index contributed by atoms with van der Waals surface area (Å²) in [6.45, 7) is 8.46. The molecule has 10 rings (SSSR count). The number of amides is 4. The van der Waals surface area contributed by atoms with Crippen molar-refractivity contribution in [2.75, 3.05) is 20.8 Å². The molecule has 2 aromatic heterocycles. The lowest BCUT2D eigenvalue weighted by atomic mass is 9.90. The van der Waals surface area contributed by atoms with E-state index in [1.807, 2.05) is 37.5 Å². The molecule has 5 aliphatic rings. The lowest BCUT2D eigenvalue weighted by Crippen LogP contribution is -2.57. The van der Waals surface area contributed by atoms with E-state index in [9.17, 15) is 19.2 Å². The number of hydrogen-bond donors (Lipinski definition) is 3. The number of ether oxygens (including phenoxy) is 2. The topological polar surface area (TPSA) is 159 Å². The van der Waals surface area contributed by atoms with Crippen LogP contribution in [0.5, 0.6) is 0 Å². The van der Waals surface area contributed by atoms with Gasteiger partial charge in [0.15, 0.2) is 0 Å². The largest absolute Gasteiger partial charge is 0.456 e. The number of carbonyl (C=O) groups is 4. The number of carbonyl (C=O) groups excluding carboxylic acids is 4. The minimum Gasteiger partial charge on any atom is -0.456 e. The number of aliphatic imine (C=N–C) groups is 1. The molecule has 63 heavy (non-hydrogen) atoms. The van der Waals surface area contributed by atoms with Crippen LogP contribution in [0.1, 0.15) is 83.5 Å². The van der Waals surface area contributed by atoms with Gasteiger partial charge >= 0.3 is 12.2 Å². The summed E-state index contributed by atoms with van der Waals surface area (Å²) < 4.78 is 16.3. The second-order valence-electron chi connectivity index (χ2n) is 19.3. The molecule has 1 spiro atoms. The van der Waals surface area contributed by atoms with Crippen LogP contribution in [0.15, 0.2) is 76.1 Å². The van der Waals surface area contributed by atoms with E-state index >= 15 is 0 Å². The number of aromatic amines is 1. The maximum absolute atomic E-state index is 14.1. The Morgan fingerprint density at radius 1 is 0.794 bits per heavy atom. The van der Waals surface area contributed by atoms with E-state index in [-0.39, 0.29) is 47.2 Å². The van der Waals surface area contributed by atoms with Crippen molar-refractivity contribution in [2.45, 2.75) is 103 Å². The molecule has 2 saturated heterocycles. The van der Waals surface area contributed by atoms with Crippen LogP contribution in [-0.4, -0.2) is 89.4 Å². The van der Waals surface area contributed by atoms with Crippen LogP contribution in [0.2, 0.25) is 0 Å². The Hall–Kier alpha value is -6.11. The van der Waals surface area contributed by atoms with Crippen molar-refractivity contribution in [1.29, 1.82) is 0 Å². The van der Waals surface area contributed by atoms with E-state index in [0.717, 1.165) is 106 Å². The summed E-state index contributed by atoms with van der Waals surface area (Å²) in [5.74, 6) is 0.0350. The van der Waals surface area contributed by atoms with Gasteiger partial charge in [-0.25, -0.2) is 9.59 Å². The number of fused-ring (bicyclic) bond motifs is 6. The van der Waals surface area contributed by atoms with Crippen molar-refractivity contribution in [3.8, 4) is 22.4 Å². The number of benzene rings is 3. The van der Waals surface area contributed by atoms with Gasteiger partial charge < -0.3 is 39.3 Å². The molecule has 6 atom stereocenters. The molecule has 0 unspecified atom stereocenters. The highest BCUT2D eigenvalue weighted by Gasteiger charge is 2.55. The molecule has 3 aromatic carbocycles. The van der Waals surface area contributed by atoms with E-state index in [1.165, 1.54) is 14.2 Å². The SMILES string of the molecule is COC(=O)N[C@H](C(=O)N1CC2(CC2)C[C@H]1c1ccc(-c2ccc3c(c2)oc2cc(-c4ccc5c(c4)CC([C@@H]4[C@H]6CC[C@H](C6)N4C(=O)[C@@H](NC(=O)OC)C(C)C)=N5)ccc23)[nH]1)C(C)C. The predicted octanol–water partition coefficient (Wildman–Crippen LogP) is 9.07. The molecule has 2 aliphatic carbocycles. The second kappa shape index (κ2) is 15.6. The quantitative estimate of drug-likeness (QED) is 0.126. The first-order valence-corrected chi connectivity index (χ1v) is 22.5. The lowest BCUT2D eigenvalue weighted by Gasteiger charge is -2.38. The smallest absolute Gasteiger partial charge is 0.407 e. The highest BCUT2D eigenvalue weighted by molar-refractivity contribution is 6.07. The fourth-order valence-corrected chi connectivity index (χ4v) is 11.1. The molecule has 328 valence electrons. The number of methoxy groups -OCH3 is 2. The van der Waals surface area contributed by atoms with Crippen LogP contribution in [0, 0.1) is 23.2 Å². The zero-order valence-corrected chi connectivity index (χ0v) is 36.8. The standard InChI is InChI=1S/C50H56N6O7/c1-26(2)43(53-48(59)61-5)46(57)55-25-50(17-18-50)24-40(55)38-16-15-36(51-38)30-9-13-35-34-12-8-29(22-41(34)63-42(35)23-30)28-10-14-37-32(19-28)21-39(52-37)45-31-7-11-33(20-31)56(45)47(58)44(27(3)4)54-49(60)62-6/h8-10,12-16,19,22-23,26-27,31,33,40,43-45,51H,7,11,17-18,20-21,24-25H2,1-6H3,(H,53,59)(H,54,60)/t31-,33+,40-,43-,44-,45-/m0/s1. The van der Waals surface area contributed by atoms with Crippen molar-refractivity contribution in [1.82, 2.24) is 25.4 Å². The Bertz CT molecular complexity index is 2690. The number of rotatable bonds is 10. The molecule has 5 aromatic rings. The summed E-state index contributed by atoms with van der Waals surface area (Å²) >= 11 is 0. The van der Waals surface area contributed by atoms with Gasteiger partial charge in [0.2, 0.25) is 11.8 Å². The fourth-order valence-electron chi connectivity index (χ4n) is 11.1. The molecule has 13 nitrogen and oxygen atoms in total. The molecule has 13 heteroatoms. The number of likely N-dealkylation sites (tertiary alicyclic amines) is 2. The molecular formula is C50H56N6O7. The lowest BCUT2D eigenvalue weighted by molar-refractivity contribution is -0.137. The first-order chi connectivity index (χ1) is 30.3. The summed E-state index contributed by atoms with van der Waals surface area (Å²) in [4.78, 5) is 65.3. The average molecular weight is 853 g/mol. The van der Waals surface area contributed by atoms with Crippen LogP contribution in [0.4, 0.5) is 15.3 Å². The van der Waals surface area contributed by atoms with E-state index < -0.39 is 24.3 Å². The molecule has 4 fully saturated rings. The minimum atomic E-state index is -0.673. The number of furan rings is 1. The summed E-state index contributed by atoms with van der Waals surface area (Å²) in [5, 5.41) is 7.64. The third kappa shape index (κ3) is 7.22. The zero-order valence-electron chi connectivity index (χ0n) is 36.8. The number of alkyl carbamates (subject to hydrolysis) is 2. The maximum atomic E-state index is 14.1. The van der Waals surface area contributed by atoms with Gasteiger partial charge in [-0.2, -0.15) is 0 Å². The van der Waals surface area contributed by atoms with Crippen LogP contribution >= 0.6 is 0 Å². The maximum Gasteiger partial charge on any atom is 0.407 e. The molecule has 0 radical (unpaired) electrons. The summed E-state index contributed by atoms with van der Waals surface area (Å²) in [5.41, 5.74) is 9.87. The first kappa shape index (κ1) is 40.9. The number of nitrogens with one attached hydrogen (secondary N) is 3. The van der Waals surface area contributed by atoms with Crippen molar-refractivity contribution >= 4 is 57.3 Å². The number of H-pyrrole nitrogens is 1. The summed E-state index contributed by atoms with van der Waals surface area (Å²) in [6, 6.07) is 21.9. The van der Waals surface area contributed by atoms with Crippen molar-refractivity contribution in [3.05, 3.63) is 78.0 Å². The van der Waals surface area contributed by atoms with Gasteiger partial charge in [0.25, 0.3) is 0 Å². The van der Waals surface area contributed by atoms with Gasteiger partial charge in [-0.05, 0) is 127 Å².